The molecule has 1 heterocycles. The predicted molar refractivity (Wildman–Crippen MR) is 145 cm³/mol. The molecule has 0 bridgehead atoms. The van der Waals surface area contributed by atoms with E-state index in [2.05, 4.69) is 50.1 Å². The van der Waals surface area contributed by atoms with E-state index in [4.69, 9.17) is 10.8 Å². The molecule has 0 saturated carbocycles. The van der Waals surface area contributed by atoms with Crippen LogP contribution in [0.15, 0.2) is 96.8 Å². The van der Waals surface area contributed by atoms with Crippen LogP contribution in [-0.4, -0.2) is 20.2 Å². The van der Waals surface area contributed by atoms with Gasteiger partial charge in [0.2, 0.25) is 0 Å². The fourth-order valence-corrected chi connectivity index (χ4v) is 2.92. The fraction of sp³-hybridized carbons (Fsp3) is 0.160. The molecule has 0 radical (unpaired) electrons. The Hall–Kier alpha value is -2.12. The molecule has 158 valence electrons. The molecule has 1 aromatic carbocycles. The van der Waals surface area contributed by atoms with Crippen molar-refractivity contribution in [2.45, 2.75) is 20.8 Å². The van der Waals surface area contributed by atoms with Gasteiger partial charge in [-0.2, -0.15) is 0 Å². The van der Waals surface area contributed by atoms with Gasteiger partial charge in [0, 0.05) is 22.9 Å². The van der Waals surface area contributed by atoms with Crippen LogP contribution in [0.1, 0.15) is 32.0 Å². The topological polar surface area (TPSA) is 60.6 Å². The molecule has 5 heteroatoms. The van der Waals surface area contributed by atoms with Gasteiger partial charge in [-0.25, -0.2) is 0 Å². The van der Waals surface area contributed by atoms with Crippen molar-refractivity contribution in [3.63, 3.8) is 0 Å². The number of nitrogens with one attached hydrogen (secondary N) is 2. The van der Waals surface area contributed by atoms with Crippen LogP contribution in [0.5, 0.6) is 0 Å². The summed E-state index contributed by atoms with van der Waals surface area (Å²) in [5.74, 6) is 0. The Labute approximate surface area is 203 Å². The number of benzene rings is 1. The quantitative estimate of drug-likeness (QED) is 0.149. The summed E-state index contributed by atoms with van der Waals surface area (Å²) < 4.78 is 0.179. The summed E-state index contributed by atoms with van der Waals surface area (Å²) in [4.78, 5) is 6.37. The van der Waals surface area contributed by atoms with Crippen LogP contribution < -0.4 is 0 Å². The highest BCUT2D eigenvalue weighted by molar-refractivity contribution is 14.1. The molecule has 2 aromatic rings. The molecule has 0 aliphatic heterocycles. The Morgan fingerprint density at radius 1 is 1.03 bits per heavy atom. The highest BCUT2D eigenvalue weighted by Gasteiger charge is 2.20. The molecule has 0 aliphatic rings. The van der Waals surface area contributed by atoms with Crippen molar-refractivity contribution in [2.24, 2.45) is 0 Å². The van der Waals surface area contributed by atoms with Gasteiger partial charge in [0.05, 0.1) is 11.4 Å². The second-order valence-corrected chi connectivity index (χ2v) is 6.15. The molecule has 0 fully saturated rings. The minimum Gasteiger partial charge on any atom is -0.300 e. The first-order chi connectivity index (χ1) is 14.6. The fourth-order valence-electron chi connectivity index (χ4n) is 2.52. The summed E-state index contributed by atoms with van der Waals surface area (Å²) in [7, 11) is 0. The second kappa shape index (κ2) is 16.7. The van der Waals surface area contributed by atoms with E-state index in [1.807, 2.05) is 92.5 Å². The highest BCUT2D eigenvalue weighted by Crippen LogP contribution is 2.29. The molecule has 0 unspecified atom stereocenters. The first kappa shape index (κ1) is 27.9. The number of pyridine rings is 1. The number of halogens is 2. The van der Waals surface area contributed by atoms with Gasteiger partial charge in [-0.15, -0.1) is 0 Å². The Balaban J connectivity index is 0.00000198. The van der Waals surface area contributed by atoms with Crippen LogP contribution in [0.4, 0.5) is 0 Å². The Morgan fingerprint density at radius 2 is 1.63 bits per heavy atom. The summed E-state index contributed by atoms with van der Waals surface area (Å²) in [6.45, 7) is 9.63. The third-order valence-corrected chi connectivity index (χ3v) is 4.11. The van der Waals surface area contributed by atoms with Gasteiger partial charge in [0.25, 0.3) is 0 Å². The van der Waals surface area contributed by atoms with Gasteiger partial charge in [-0.3, -0.25) is 15.8 Å². The average molecular weight is 578 g/mol. The van der Waals surface area contributed by atoms with Crippen molar-refractivity contribution < 1.29 is 0 Å². The van der Waals surface area contributed by atoms with E-state index in [1.54, 1.807) is 12.3 Å². The Bertz CT molecular complexity index is 899. The molecule has 0 amide bonds. The van der Waals surface area contributed by atoms with E-state index in [0.29, 0.717) is 22.6 Å². The molecule has 0 aliphatic carbocycles. The Morgan fingerprint density at radius 3 is 2.10 bits per heavy atom. The van der Waals surface area contributed by atoms with Gasteiger partial charge in [0.1, 0.15) is 4.62 Å². The van der Waals surface area contributed by atoms with Gasteiger partial charge >= 0.3 is 0 Å². The van der Waals surface area contributed by atoms with Crippen molar-refractivity contribution in [3.8, 4) is 0 Å². The lowest BCUT2D eigenvalue weighted by Crippen LogP contribution is -2.11. The summed E-state index contributed by atoms with van der Waals surface area (Å²) in [5, 5.41) is 17.1. The maximum Gasteiger partial charge on any atom is 0.107 e. The molecule has 1 aromatic heterocycles. The van der Waals surface area contributed by atoms with Crippen LogP contribution >= 0.6 is 38.5 Å². The van der Waals surface area contributed by atoms with Crippen molar-refractivity contribution in [3.05, 3.63) is 108 Å². The molecular weight excluding hydrogens is 549 g/mol. The lowest BCUT2D eigenvalue weighted by molar-refractivity contribution is 1.28. The lowest BCUT2D eigenvalue weighted by Gasteiger charge is -2.17. The molecule has 3 nitrogen and oxygen atoms in total. The third kappa shape index (κ3) is 8.32. The molecular formula is C25H29BrIN3. The monoisotopic (exact) mass is 577 g/mol. The van der Waals surface area contributed by atoms with Crippen molar-refractivity contribution in [1.29, 1.82) is 10.8 Å². The minimum absolute atomic E-state index is 0.179. The van der Waals surface area contributed by atoms with Gasteiger partial charge in [-0.05, 0) is 45.5 Å². The van der Waals surface area contributed by atoms with Crippen LogP contribution in [0.25, 0.3) is 5.57 Å². The first-order valence-corrected chi connectivity index (χ1v) is 12.4. The Kier molecular flexibility index (Phi) is 15.5. The number of aromatic nitrogens is 1. The van der Waals surface area contributed by atoms with Crippen LogP contribution in [-0.2, 0) is 0 Å². The highest BCUT2D eigenvalue weighted by atomic mass is 127. The van der Waals surface area contributed by atoms with Crippen molar-refractivity contribution in [1.82, 2.24) is 4.98 Å². The van der Waals surface area contributed by atoms with Crippen molar-refractivity contribution >= 4 is 54.4 Å². The number of alkyl halides is 1. The van der Waals surface area contributed by atoms with E-state index in [0.717, 1.165) is 11.1 Å². The molecule has 0 spiro atoms. The number of allylic oxidation sites excluding steroid dienone is 7. The first-order valence-electron chi connectivity index (χ1n) is 9.48. The molecule has 0 atom stereocenters. The largest absolute Gasteiger partial charge is 0.300 e. The van der Waals surface area contributed by atoms with Crippen LogP contribution in [0.2, 0.25) is 0 Å². The summed E-state index contributed by atoms with van der Waals surface area (Å²) in [5.41, 5.74) is 3.77. The lowest BCUT2D eigenvalue weighted by atomic mass is 9.89. The van der Waals surface area contributed by atoms with E-state index >= 15 is 0 Å². The van der Waals surface area contributed by atoms with Crippen LogP contribution in [0.3, 0.4) is 0 Å². The number of rotatable bonds is 7. The van der Waals surface area contributed by atoms with E-state index in [9.17, 15) is 0 Å². The summed E-state index contributed by atoms with van der Waals surface area (Å²) in [6, 6.07) is 15.0. The van der Waals surface area contributed by atoms with Gasteiger partial charge < -0.3 is 0 Å². The summed E-state index contributed by atoms with van der Waals surface area (Å²) >= 11 is 5.45. The maximum atomic E-state index is 8.83. The normalized spacial score (nSPS) is 11.3. The van der Waals surface area contributed by atoms with E-state index in [-0.39, 0.29) is 4.62 Å². The van der Waals surface area contributed by atoms with E-state index < -0.39 is 0 Å². The third-order valence-electron chi connectivity index (χ3n) is 3.71. The van der Waals surface area contributed by atoms with Gasteiger partial charge in [0.15, 0.2) is 0 Å². The molecule has 0 saturated heterocycles. The maximum absolute atomic E-state index is 8.83. The van der Waals surface area contributed by atoms with E-state index in [1.165, 1.54) is 0 Å². The zero-order valence-corrected chi connectivity index (χ0v) is 21.7. The predicted octanol–water partition coefficient (Wildman–Crippen LogP) is 8.04. The molecule has 2 N–H and O–H groups in total. The van der Waals surface area contributed by atoms with Gasteiger partial charge in [-0.1, -0.05) is 104 Å². The number of hydrogen-bond acceptors (Lipinski definition) is 3. The zero-order valence-electron chi connectivity index (χ0n) is 17.9. The zero-order chi connectivity index (χ0) is 22.9. The second-order valence-electron chi connectivity index (χ2n) is 5.36. The average Bonchev–Trinajstić information content (AvgIpc) is 2.81. The SMILES string of the molecule is C=C\C=C/C(=C\C)C(/C(=N)c1ccccc1)=C(/C(=N)Br)c1ccccn1.CC.CI. The molecule has 30 heavy (non-hydrogen) atoms. The standard InChI is InChI=1S/C22H20BrN3.C2H6.CH3I/c1-3-5-11-16(4-2)19(21(24)17-12-7-6-8-13-17)20(22(23)25)18-14-9-10-15-26-18;2*1-2/h3-15,24-25H,1H2,2H3;1-2H3;1H3/b11-5-,16-4+,20-19-,24-21?,25-22?;;. The number of nitrogens with zero attached hydrogens (tertiary/aromatic N) is 1. The van der Waals surface area contributed by atoms with Crippen LogP contribution in [0, 0.1) is 10.8 Å². The molecule has 2 rings (SSSR count). The minimum atomic E-state index is 0.179. The summed E-state index contributed by atoms with van der Waals surface area (Å²) in [6.07, 6.45) is 9.00. The van der Waals surface area contributed by atoms with Crippen molar-refractivity contribution in [2.75, 3.05) is 4.93 Å². The smallest absolute Gasteiger partial charge is 0.107 e. The number of hydrogen-bond donors (Lipinski definition) is 2.